The Morgan fingerprint density at radius 1 is 1.00 bits per heavy atom. The number of nitrogens with one attached hydrogen (secondary N) is 1. The summed E-state index contributed by atoms with van der Waals surface area (Å²) < 4.78 is 2.23. The molecule has 2 aromatic rings. The van der Waals surface area contributed by atoms with Crippen LogP contribution in [0.1, 0.15) is 17.4 Å². The summed E-state index contributed by atoms with van der Waals surface area (Å²) in [5.41, 5.74) is 2.52. The van der Waals surface area contributed by atoms with Crippen LogP contribution in [0.15, 0.2) is 54.9 Å². The van der Waals surface area contributed by atoms with Crippen LogP contribution in [0.25, 0.3) is 6.08 Å². The van der Waals surface area contributed by atoms with Crippen molar-refractivity contribution >= 4 is 6.08 Å². The largest absolute Gasteiger partial charge is 0.367 e. The van der Waals surface area contributed by atoms with Crippen LogP contribution in [0.5, 0.6) is 0 Å². The van der Waals surface area contributed by atoms with Crippen molar-refractivity contribution in [2.24, 2.45) is 0 Å². The normalized spacial score (nSPS) is 18.3. The van der Waals surface area contributed by atoms with Crippen LogP contribution in [0.2, 0.25) is 0 Å². The van der Waals surface area contributed by atoms with Gasteiger partial charge in [-0.25, -0.2) is 0 Å². The van der Waals surface area contributed by atoms with E-state index in [0.717, 1.165) is 0 Å². The zero-order chi connectivity index (χ0) is 10.1. The van der Waals surface area contributed by atoms with Gasteiger partial charge >= 0.3 is 0 Å². The number of aromatic nitrogens is 1. The molecule has 0 radical (unpaired) electrons. The molecule has 1 N–H and O–H groups in total. The lowest BCUT2D eigenvalue weighted by Crippen LogP contribution is -2.26. The zero-order valence-electron chi connectivity index (χ0n) is 8.30. The van der Waals surface area contributed by atoms with Crippen molar-refractivity contribution < 1.29 is 0 Å². The van der Waals surface area contributed by atoms with Gasteiger partial charge in [-0.05, 0) is 23.8 Å². The van der Waals surface area contributed by atoms with Gasteiger partial charge in [0.05, 0.1) is 0 Å². The molecule has 1 aromatic carbocycles. The Kier molecular flexibility index (Phi) is 1.85. The minimum absolute atomic E-state index is 0.223. The number of hydrogen-bond donors (Lipinski definition) is 1. The van der Waals surface area contributed by atoms with Crippen molar-refractivity contribution in [1.82, 2.24) is 9.88 Å². The third kappa shape index (κ3) is 1.34. The Hall–Kier alpha value is -1.96. The van der Waals surface area contributed by atoms with Crippen LogP contribution in [0, 0.1) is 0 Å². The molecule has 1 unspecified atom stereocenters. The van der Waals surface area contributed by atoms with Crippen LogP contribution in [-0.2, 0) is 0 Å². The average Bonchev–Trinajstić information content (AvgIpc) is 2.78. The number of hydrogen-bond acceptors (Lipinski definition) is 1. The Labute approximate surface area is 88.9 Å². The number of fused-ring (bicyclic) bond motifs is 1. The van der Waals surface area contributed by atoms with Gasteiger partial charge in [0.25, 0.3) is 0 Å². The van der Waals surface area contributed by atoms with Crippen molar-refractivity contribution in [1.29, 1.82) is 0 Å². The highest BCUT2D eigenvalue weighted by molar-refractivity contribution is 5.48. The van der Waals surface area contributed by atoms with Gasteiger partial charge in [-0.2, -0.15) is 0 Å². The number of rotatable bonds is 1. The van der Waals surface area contributed by atoms with Crippen molar-refractivity contribution in [2.75, 3.05) is 0 Å². The van der Waals surface area contributed by atoms with E-state index in [9.17, 15) is 0 Å². The van der Waals surface area contributed by atoms with E-state index >= 15 is 0 Å². The smallest absolute Gasteiger partial charge is 0.129 e. The molecule has 0 saturated heterocycles. The third-order valence-electron chi connectivity index (χ3n) is 2.71. The second kappa shape index (κ2) is 3.31. The second-order valence-electron chi connectivity index (χ2n) is 3.65. The zero-order valence-corrected chi connectivity index (χ0v) is 8.30. The Morgan fingerprint density at radius 3 is 2.73 bits per heavy atom. The lowest BCUT2D eigenvalue weighted by molar-refractivity contribution is 0.522. The first-order valence-corrected chi connectivity index (χ1v) is 5.09. The molecule has 3 rings (SSSR count). The van der Waals surface area contributed by atoms with E-state index in [-0.39, 0.29) is 6.17 Å². The van der Waals surface area contributed by atoms with Crippen LogP contribution in [-0.4, -0.2) is 4.57 Å². The van der Waals surface area contributed by atoms with Gasteiger partial charge in [-0.1, -0.05) is 30.3 Å². The molecule has 1 aliphatic rings. The van der Waals surface area contributed by atoms with E-state index in [1.165, 1.54) is 11.3 Å². The van der Waals surface area contributed by atoms with E-state index in [1.807, 2.05) is 12.3 Å². The van der Waals surface area contributed by atoms with Gasteiger partial charge in [0.2, 0.25) is 0 Å². The van der Waals surface area contributed by atoms with Gasteiger partial charge in [-0.3, -0.25) is 0 Å². The van der Waals surface area contributed by atoms with Gasteiger partial charge < -0.3 is 9.88 Å². The molecule has 15 heavy (non-hydrogen) atoms. The van der Waals surface area contributed by atoms with E-state index in [0.29, 0.717) is 0 Å². The number of benzene rings is 1. The predicted molar refractivity (Wildman–Crippen MR) is 61.2 cm³/mol. The fourth-order valence-corrected chi connectivity index (χ4v) is 1.98. The molecular weight excluding hydrogens is 184 g/mol. The van der Waals surface area contributed by atoms with E-state index in [1.54, 1.807) is 0 Å². The summed E-state index contributed by atoms with van der Waals surface area (Å²) >= 11 is 0. The van der Waals surface area contributed by atoms with Gasteiger partial charge in [0.1, 0.15) is 6.17 Å². The fraction of sp³-hybridized carbons (Fsp3) is 0.0769. The van der Waals surface area contributed by atoms with Crippen LogP contribution in [0.4, 0.5) is 0 Å². The molecule has 0 fully saturated rings. The van der Waals surface area contributed by atoms with E-state index < -0.39 is 0 Å². The lowest BCUT2D eigenvalue weighted by Gasteiger charge is -2.24. The fourth-order valence-electron chi connectivity index (χ4n) is 1.98. The third-order valence-corrected chi connectivity index (χ3v) is 2.71. The van der Waals surface area contributed by atoms with Gasteiger partial charge in [0, 0.05) is 18.1 Å². The Bertz CT molecular complexity index is 482. The van der Waals surface area contributed by atoms with Crippen molar-refractivity contribution in [3.05, 3.63) is 66.1 Å². The summed E-state index contributed by atoms with van der Waals surface area (Å²) in [6.45, 7) is 0. The topological polar surface area (TPSA) is 17.0 Å². The maximum absolute atomic E-state index is 3.36. The first-order chi connectivity index (χ1) is 7.45. The second-order valence-corrected chi connectivity index (χ2v) is 3.65. The summed E-state index contributed by atoms with van der Waals surface area (Å²) in [7, 11) is 0. The molecule has 74 valence electrons. The molecule has 2 heterocycles. The molecule has 1 atom stereocenters. The molecule has 0 bridgehead atoms. The maximum Gasteiger partial charge on any atom is 0.129 e. The summed E-state index contributed by atoms with van der Waals surface area (Å²) in [6, 6.07) is 14.6. The highest BCUT2D eigenvalue weighted by Gasteiger charge is 2.15. The van der Waals surface area contributed by atoms with Crippen molar-refractivity contribution in [2.45, 2.75) is 6.17 Å². The van der Waals surface area contributed by atoms with E-state index in [4.69, 9.17) is 0 Å². The SMILES string of the molecule is C1=Cc2cccn2C(c2ccccc2)N1. The van der Waals surface area contributed by atoms with Crippen LogP contribution in [0.3, 0.4) is 0 Å². The van der Waals surface area contributed by atoms with Crippen molar-refractivity contribution in [3.63, 3.8) is 0 Å². The molecule has 2 nitrogen and oxygen atoms in total. The highest BCUT2D eigenvalue weighted by Crippen LogP contribution is 2.21. The predicted octanol–water partition coefficient (Wildman–Crippen LogP) is 2.61. The lowest BCUT2D eigenvalue weighted by atomic mass is 10.1. The summed E-state index contributed by atoms with van der Waals surface area (Å²) in [5.74, 6) is 0. The quantitative estimate of drug-likeness (QED) is 0.741. The van der Waals surface area contributed by atoms with Gasteiger partial charge in [-0.15, -0.1) is 0 Å². The molecule has 0 aliphatic carbocycles. The number of nitrogens with zero attached hydrogens (tertiary/aromatic N) is 1. The molecule has 2 heteroatoms. The molecule has 1 aromatic heterocycles. The van der Waals surface area contributed by atoms with Crippen LogP contribution < -0.4 is 5.32 Å². The summed E-state index contributed by atoms with van der Waals surface area (Å²) in [4.78, 5) is 0. The average molecular weight is 196 g/mol. The molecule has 0 amide bonds. The standard InChI is InChI=1S/C13H12N2/c1-2-5-11(6-3-1)13-14-9-8-12-7-4-10-15(12)13/h1-10,13-14H. The van der Waals surface area contributed by atoms with E-state index in [2.05, 4.69) is 58.6 Å². The molecule has 0 saturated carbocycles. The monoisotopic (exact) mass is 196 g/mol. The van der Waals surface area contributed by atoms with Gasteiger partial charge in [0.15, 0.2) is 0 Å². The minimum atomic E-state index is 0.223. The molecular formula is C13H12N2. The first-order valence-electron chi connectivity index (χ1n) is 5.09. The maximum atomic E-state index is 3.36. The first kappa shape index (κ1) is 8.36. The summed E-state index contributed by atoms with van der Waals surface area (Å²) in [5, 5.41) is 3.36. The highest BCUT2D eigenvalue weighted by atomic mass is 15.2. The molecule has 1 aliphatic heterocycles. The van der Waals surface area contributed by atoms with Crippen LogP contribution >= 0.6 is 0 Å². The Morgan fingerprint density at radius 2 is 1.87 bits per heavy atom. The summed E-state index contributed by atoms with van der Waals surface area (Å²) in [6.07, 6.45) is 6.41. The molecule has 0 spiro atoms. The Balaban J connectivity index is 2.07. The minimum Gasteiger partial charge on any atom is -0.367 e. The van der Waals surface area contributed by atoms with Crippen molar-refractivity contribution in [3.8, 4) is 0 Å².